The Balaban J connectivity index is 2.48. The zero-order valence-corrected chi connectivity index (χ0v) is 15.8. The van der Waals surface area contributed by atoms with E-state index in [-0.39, 0.29) is 5.56 Å². The van der Waals surface area contributed by atoms with Crippen molar-refractivity contribution in [1.82, 2.24) is 0 Å². The molecule has 0 fully saturated rings. The molecule has 1 heterocycles. The van der Waals surface area contributed by atoms with Gasteiger partial charge >= 0.3 is 35.8 Å². The SMILES string of the molecule is COC(=O)c1c(-c2ccccc2)csc1NC(=O)C(F)(F)C(F)(F)C(F)(F)C(F)(F)F. The van der Waals surface area contributed by atoms with Gasteiger partial charge in [-0.25, -0.2) is 4.79 Å². The van der Waals surface area contributed by atoms with Crippen molar-refractivity contribution in [2.45, 2.75) is 23.9 Å². The van der Waals surface area contributed by atoms with Crippen molar-refractivity contribution in [1.29, 1.82) is 0 Å². The molecule has 0 atom stereocenters. The average molecular weight is 479 g/mol. The van der Waals surface area contributed by atoms with E-state index in [1.807, 2.05) is 0 Å². The van der Waals surface area contributed by atoms with Crippen LogP contribution in [0, 0.1) is 0 Å². The smallest absolute Gasteiger partial charge is 0.460 e. The molecule has 1 aromatic carbocycles. The highest BCUT2D eigenvalue weighted by Crippen LogP contribution is 2.53. The molecule has 1 N–H and O–H groups in total. The normalized spacial score (nSPS) is 13.1. The maximum absolute atomic E-state index is 13.8. The van der Waals surface area contributed by atoms with E-state index in [4.69, 9.17) is 0 Å². The third-order valence-electron chi connectivity index (χ3n) is 3.92. The largest absolute Gasteiger partial charge is 0.465 e. The second-order valence-corrected chi connectivity index (χ2v) is 6.77. The zero-order chi connectivity index (χ0) is 23.8. The Morgan fingerprint density at radius 3 is 1.94 bits per heavy atom. The molecule has 0 saturated carbocycles. The first-order chi connectivity index (χ1) is 14.1. The lowest BCUT2D eigenvalue weighted by atomic mass is 10.0. The van der Waals surface area contributed by atoms with E-state index in [2.05, 4.69) is 4.74 Å². The fraction of sp³-hybridized carbons (Fsp3) is 0.294. The number of nitrogens with one attached hydrogen (secondary N) is 1. The molecule has 0 bridgehead atoms. The number of methoxy groups -OCH3 is 1. The third kappa shape index (κ3) is 4.07. The van der Waals surface area contributed by atoms with Crippen molar-refractivity contribution in [3.63, 3.8) is 0 Å². The minimum Gasteiger partial charge on any atom is -0.465 e. The molecule has 2 rings (SSSR count). The number of amides is 1. The fourth-order valence-corrected chi connectivity index (χ4v) is 3.24. The van der Waals surface area contributed by atoms with Gasteiger partial charge in [-0.15, -0.1) is 11.3 Å². The molecule has 14 heteroatoms. The van der Waals surface area contributed by atoms with Gasteiger partial charge in [-0.05, 0) is 5.56 Å². The predicted octanol–water partition coefficient (Wildman–Crippen LogP) is 5.61. The summed E-state index contributed by atoms with van der Waals surface area (Å²) in [5.41, 5.74) is -0.280. The number of rotatable bonds is 6. The summed E-state index contributed by atoms with van der Waals surface area (Å²) in [7, 11) is 0.868. The minimum absolute atomic E-state index is 0.00319. The van der Waals surface area contributed by atoms with Crippen molar-refractivity contribution in [2.75, 3.05) is 12.4 Å². The van der Waals surface area contributed by atoms with Crippen LogP contribution in [0.4, 0.5) is 44.5 Å². The van der Waals surface area contributed by atoms with Gasteiger partial charge in [-0.3, -0.25) is 4.79 Å². The van der Waals surface area contributed by atoms with E-state index >= 15 is 0 Å². The van der Waals surface area contributed by atoms with Crippen molar-refractivity contribution in [3.05, 3.63) is 41.3 Å². The Morgan fingerprint density at radius 1 is 0.903 bits per heavy atom. The number of alkyl halides is 9. The van der Waals surface area contributed by atoms with E-state index in [0.717, 1.165) is 17.8 Å². The molecule has 31 heavy (non-hydrogen) atoms. The second kappa shape index (κ2) is 8.05. The van der Waals surface area contributed by atoms with Gasteiger partial charge in [0.1, 0.15) is 10.6 Å². The second-order valence-electron chi connectivity index (χ2n) is 5.89. The summed E-state index contributed by atoms with van der Waals surface area (Å²) in [4.78, 5) is 23.7. The molecule has 0 radical (unpaired) electrons. The summed E-state index contributed by atoms with van der Waals surface area (Å²) in [6, 6.07) is 7.51. The van der Waals surface area contributed by atoms with E-state index in [1.54, 1.807) is 6.07 Å². The Hall–Kier alpha value is -2.77. The number of carbonyl (C=O) groups is 2. The molecular weight excluding hydrogens is 469 g/mol. The number of carbonyl (C=O) groups excluding carboxylic acids is 2. The highest BCUT2D eigenvalue weighted by atomic mass is 32.1. The zero-order valence-electron chi connectivity index (χ0n) is 15.0. The van der Waals surface area contributed by atoms with Crippen LogP contribution in [0.3, 0.4) is 0 Å². The van der Waals surface area contributed by atoms with Gasteiger partial charge in [0.25, 0.3) is 0 Å². The van der Waals surface area contributed by atoms with Gasteiger partial charge in [0.05, 0.1) is 7.11 Å². The molecule has 170 valence electrons. The number of anilines is 1. The minimum atomic E-state index is -7.23. The summed E-state index contributed by atoms with van der Waals surface area (Å²) < 4.78 is 122. The van der Waals surface area contributed by atoms with Crippen molar-refractivity contribution in [2.24, 2.45) is 0 Å². The predicted molar refractivity (Wildman–Crippen MR) is 90.6 cm³/mol. The number of hydrogen-bond donors (Lipinski definition) is 1. The van der Waals surface area contributed by atoms with Gasteiger partial charge < -0.3 is 10.1 Å². The van der Waals surface area contributed by atoms with E-state index in [9.17, 15) is 49.1 Å². The number of ether oxygens (including phenoxy) is 1. The Kier molecular flexibility index (Phi) is 6.36. The molecule has 4 nitrogen and oxygen atoms in total. The molecule has 0 unspecified atom stereocenters. The lowest BCUT2D eigenvalue weighted by Gasteiger charge is -2.32. The lowest BCUT2D eigenvalue weighted by molar-refractivity contribution is -0.388. The first-order valence-electron chi connectivity index (χ1n) is 7.86. The summed E-state index contributed by atoms with van der Waals surface area (Å²) >= 11 is 0.362. The molecule has 1 aromatic heterocycles. The maximum atomic E-state index is 13.8. The van der Waals surface area contributed by atoms with Crippen LogP contribution in [-0.4, -0.2) is 42.9 Å². The van der Waals surface area contributed by atoms with Crippen LogP contribution >= 0.6 is 11.3 Å². The van der Waals surface area contributed by atoms with E-state index in [1.165, 1.54) is 24.3 Å². The maximum Gasteiger partial charge on any atom is 0.460 e. The monoisotopic (exact) mass is 479 g/mol. The highest BCUT2D eigenvalue weighted by molar-refractivity contribution is 7.15. The summed E-state index contributed by atoms with van der Waals surface area (Å²) in [6.45, 7) is 0. The molecule has 1 amide bonds. The summed E-state index contributed by atoms with van der Waals surface area (Å²) in [5.74, 6) is -25.3. The van der Waals surface area contributed by atoms with Crippen LogP contribution in [0.1, 0.15) is 10.4 Å². The van der Waals surface area contributed by atoms with Crippen molar-refractivity contribution >= 4 is 28.2 Å². The number of thiophene rings is 1. The molecule has 0 aliphatic carbocycles. The molecule has 0 aliphatic heterocycles. The van der Waals surface area contributed by atoms with Crippen LogP contribution < -0.4 is 5.32 Å². The van der Waals surface area contributed by atoms with Gasteiger partial charge in [0, 0.05) is 10.9 Å². The van der Waals surface area contributed by atoms with Gasteiger partial charge in [0.15, 0.2) is 0 Å². The number of hydrogen-bond acceptors (Lipinski definition) is 4. The van der Waals surface area contributed by atoms with Crippen LogP contribution in [-0.2, 0) is 9.53 Å². The average Bonchev–Trinajstić information content (AvgIpc) is 3.10. The van der Waals surface area contributed by atoms with Crippen LogP contribution in [0.2, 0.25) is 0 Å². The summed E-state index contributed by atoms with van der Waals surface area (Å²) in [5, 5.41) is 1.45. The Labute approximate surface area is 171 Å². The van der Waals surface area contributed by atoms with E-state index in [0.29, 0.717) is 16.9 Å². The van der Waals surface area contributed by atoms with Crippen LogP contribution in [0.25, 0.3) is 11.1 Å². The summed E-state index contributed by atoms with van der Waals surface area (Å²) in [6.07, 6.45) is -7.07. The van der Waals surface area contributed by atoms with E-state index < -0.39 is 46.4 Å². The fourth-order valence-electron chi connectivity index (χ4n) is 2.28. The third-order valence-corrected chi connectivity index (χ3v) is 4.82. The molecule has 2 aromatic rings. The standard InChI is InChI=1S/C17H10F9NO3S/c1-30-12(28)10-9(8-5-3-2-4-6-8)7-31-11(10)27-13(29)14(18,19)15(20,21)16(22,23)17(24,25)26/h2-7H,1H3,(H,27,29). The number of benzene rings is 1. The number of esters is 1. The van der Waals surface area contributed by atoms with Gasteiger partial charge in [-0.2, -0.15) is 39.5 Å². The van der Waals surface area contributed by atoms with Crippen molar-refractivity contribution < 1.29 is 53.8 Å². The first-order valence-corrected chi connectivity index (χ1v) is 8.74. The van der Waals surface area contributed by atoms with Crippen LogP contribution in [0.15, 0.2) is 35.7 Å². The molecule has 0 spiro atoms. The van der Waals surface area contributed by atoms with Crippen molar-refractivity contribution in [3.8, 4) is 11.1 Å². The van der Waals surface area contributed by atoms with Gasteiger partial charge in [-0.1, -0.05) is 30.3 Å². The van der Waals surface area contributed by atoms with Gasteiger partial charge in [0.2, 0.25) is 0 Å². The Morgan fingerprint density at radius 2 is 1.45 bits per heavy atom. The quantitative estimate of drug-likeness (QED) is 0.433. The number of halogens is 9. The van der Waals surface area contributed by atoms with Crippen LogP contribution in [0.5, 0.6) is 0 Å². The molecule has 0 aliphatic rings. The topological polar surface area (TPSA) is 55.4 Å². The highest BCUT2D eigenvalue weighted by Gasteiger charge is 2.83. The Bertz CT molecular complexity index is 971. The lowest BCUT2D eigenvalue weighted by Crippen LogP contribution is -2.64. The first kappa shape index (κ1) is 24.5. The molecular formula is C17H10F9NO3S. The molecule has 0 saturated heterocycles.